The maximum Gasteiger partial charge on any atom is 0.354 e. The first-order chi connectivity index (χ1) is 11.3. The van der Waals surface area contributed by atoms with Crippen molar-refractivity contribution in [2.24, 2.45) is 0 Å². The Bertz CT molecular complexity index is 752. The van der Waals surface area contributed by atoms with E-state index in [0.29, 0.717) is 24.5 Å². The number of carbonyl (C=O) groups is 2. The molecule has 0 saturated carbocycles. The van der Waals surface area contributed by atoms with E-state index in [2.05, 4.69) is 15.5 Å². The number of hydrogen-bond acceptors (Lipinski definition) is 4. The number of aryl methyl sites for hydroxylation is 2. The highest BCUT2D eigenvalue weighted by Gasteiger charge is 2.20. The van der Waals surface area contributed by atoms with E-state index < -0.39 is 12.0 Å². The molecule has 24 heavy (non-hydrogen) atoms. The van der Waals surface area contributed by atoms with Crippen LogP contribution in [-0.2, 0) is 11.3 Å². The van der Waals surface area contributed by atoms with Gasteiger partial charge in [0.25, 0.3) is 0 Å². The van der Waals surface area contributed by atoms with Gasteiger partial charge in [0, 0.05) is 19.3 Å². The highest BCUT2D eigenvalue weighted by molar-refractivity contribution is 6.31. The minimum absolute atomic E-state index is 0.0186. The molecule has 0 radical (unpaired) electrons. The molecule has 2 N–H and O–H groups in total. The van der Waals surface area contributed by atoms with Gasteiger partial charge in [-0.3, -0.25) is 9.48 Å². The molecule has 0 aliphatic carbocycles. The molecule has 9 heteroatoms. The molecule has 1 unspecified atom stereocenters. The highest BCUT2D eigenvalue weighted by atomic mass is 35.5. The number of aromatic nitrogens is 4. The topological polar surface area (TPSA) is 102 Å². The largest absolute Gasteiger partial charge is 0.477 e. The van der Waals surface area contributed by atoms with Gasteiger partial charge in [-0.2, -0.15) is 10.2 Å². The van der Waals surface area contributed by atoms with Crippen molar-refractivity contribution < 1.29 is 14.7 Å². The second-order valence-corrected chi connectivity index (χ2v) is 5.87. The molecule has 0 aromatic carbocycles. The van der Waals surface area contributed by atoms with Crippen LogP contribution in [0.1, 0.15) is 41.3 Å². The summed E-state index contributed by atoms with van der Waals surface area (Å²) in [7, 11) is 0. The van der Waals surface area contributed by atoms with Crippen LogP contribution in [0.5, 0.6) is 0 Å². The number of carboxylic acids is 1. The number of nitrogens with one attached hydrogen (secondary N) is 1. The van der Waals surface area contributed by atoms with Gasteiger partial charge >= 0.3 is 5.97 Å². The van der Waals surface area contributed by atoms with Crippen LogP contribution in [0.3, 0.4) is 0 Å². The lowest BCUT2D eigenvalue weighted by molar-refractivity contribution is -0.124. The third-order valence-corrected chi connectivity index (χ3v) is 4.32. The summed E-state index contributed by atoms with van der Waals surface area (Å²) in [4.78, 5) is 23.2. The van der Waals surface area contributed by atoms with Gasteiger partial charge in [0.1, 0.15) is 11.7 Å². The van der Waals surface area contributed by atoms with E-state index in [1.807, 2.05) is 18.5 Å². The van der Waals surface area contributed by atoms with E-state index in [1.165, 1.54) is 16.9 Å². The zero-order chi connectivity index (χ0) is 17.9. The van der Waals surface area contributed by atoms with Gasteiger partial charge in [-0.25, -0.2) is 9.48 Å². The van der Waals surface area contributed by atoms with Crippen molar-refractivity contribution in [3.63, 3.8) is 0 Å². The summed E-state index contributed by atoms with van der Waals surface area (Å²) >= 11 is 6.09. The molecular weight excluding hydrogens is 334 g/mol. The molecule has 8 nitrogen and oxygen atoms in total. The summed E-state index contributed by atoms with van der Waals surface area (Å²) in [6, 6.07) is 0.660. The minimum Gasteiger partial charge on any atom is -0.477 e. The number of rotatable bonds is 7. The smallest absolute Gasteiger partial charge is 0.354 e. The van der Waals surface area contributed by atoms with Crippen LogP contribution < -0.4 is 5.32 Å². The fourth-order valence-electron chi connectivity index (χ4n) is 2.38. The van der Waals surface area contributed by atoms with Crippen LogP contribution >= 0.6 is 11.6 Å². The van der Waals surface area contributed by atoms with Gasteiger partial charge in [-0.1, -0.05) is 11.6 Å². The number of carbonyl (C=O) groups excluding carboxylic acids is 1. The molecule has 0 saturated heterocycles. The summed E-state index contributed by atoms with van der Waals surface area (Å²) < 4.78 is 3.00. The lowest BCUT2D eigenvalue weighted by Crippen LogP contribution is -2.33. The molecule has 0 spiro atoms. The van der Waals surface area contributed by atoms with Crippen LogP contribution in [0, 0.1) is 13.8 Å². The number of amides is 1. The molecule has 0 aliphatic heterocycles. The predicted octanol–water partition coefficient (Wildman–Crippen LogP) is 1.82. The van der Waals surface area contributed by atoms with Crippen molar-refractivity contribution in [3.05, 3.63) is 34.4 Å². The Kier molecular flexibility index (Phi) is 5.61. The first-order valence-electron chi connectivity index (χ1n) is 7.57. The molecule has 0 fully saturated rings. The molecule has 0 bridgehead atoms. The van der Waals surface area contributed by atoms with Crippen LogP contribution in [-0.4, -0.2) is 43.1 Å². The zero-order valence-electron chi connectivity index (χ0n) is 13.8. The number of nitrogens with zero attached hydrogens (tertiary/aromatic N) is 4. The van der Waals surface area contributed by atoms with Gasteiger partial charge in [-0.05, 0) is 33.3 Å². The van der Waals surface area contributed by atoms with Crippen molar-refractivity contribution in [3.8, 4) is 0 Å². The standard InChI is InChI=1S/C15H20ClN5O3/c1-9-13(16)10(2)20(19-9)8-4-6-17-14(22)11(3)21-12(15(23)24)5-7-18-21/h5,7,11H,4,6,8H2,1-3H3,(H,17,22)(H,23,24). The lowest BCUT2D eigenvalue weighted by Gasteiger charge is -2.14. The van der Waals surface area contributed by atoms with Crippen molar-refractivity contribution in [1.29, 1.82) is 0 Å². The molecule has 0 aliphatic rings. The fourth-order valence-corrected chi connectivity index (χ4v) is 2.52. The number of hydrogen-bond donors (Lipinski definition) is 2. The Morgan fingerprint density at radius 1 is 1.42 bits per heavy atom. The molecule has 1 amide bonds. The third-order valence-electron chi connectivity index (χ3n) is 3.77. The number of carboxylic acid groups (broad SMARTS) is 1. The van der Waals surface area contributed by atoms with Gasteiger partial charge in [0.2, 0.25) is 5.91 Å². The number of aromatic carboxylic acids is 1. The molecule has 1 atom stereocenters. The maximum absolute atomic E-state index is 12.1. The Hall–Kier alpha value is -2.35. The van der Waals surface area contributed by atoms with Crippen LogP contribution in [0.25, 0.3) is 0 Å². The summed E-state index contributed by atoms with van der Waals surface area (Å²) in [6.07, 6.45) is 2.04. The summed E-state index contributed by atoms with van der Waals surface area (Å²) in [5.41, 5.74) is 1.66. The third kappa shape index (κ3) is 3.76. The monoisotopic (exact) mass is 353 g/mol. The summed E-state index contributed by atoms with van der Waals surface area (Å²) in [6.45, 7) is 6.43. The lowest BCUT2D eigenvalue weighted by atomic mass is 10.3. The summed E-state index contributed by atoms with van der Waals surface area (Å²) in [5.74, 6) is -1.40. The van der Waals surface area contributed by atoms with Gasteiger partial charge in [0.05, 0.1) is 16.4 Å². The molecule has 2 aromatic rings. The SMILES string of the molecule is Cc1nn(CCCNC(=O)C(C)n2nccc2C(=O)O)c(C)c1Cl. The average Bonchev–Trinajstić information content (AvgIpc) is 3.12. The molecule has 130 valence electrons. The zero-order valence-corrected chi connectivity index (χ0v) is 14.5. The second-order valence-electron chi connectivity index (χ2n) is 5.49. The van der Waals surface area contributed by atoms with E-state index in [-0.39, 0.29) is 11.6 Å². The molecule has 2 aromatic heterocycles. The van der Waals surface area contributed by atoms with E-state index in [9.17, 15) is 9.59 Å². The Labute approximate surface area is 144 Å². The molecular formula is C15H20ClN5O3. The first kappa shape index (κ1) is 18.0. The van der Waals surface area contributed by atoms with E-state index in [4.69, 9.17) is 16.7 Å². The molecule has 2 rings (SSSR count). The van der Waals surface area contributed by atoms with E-state index in [0.717, 1.165) is 11.4 Å². The predicted molar refractivity (Wildman–Crippen MR) is 88.2 cm³/mol. The minimum atomic E-state index is -1.12. The molecule has 2 heterocycles. The van der Waals surface area contributed by atoms with Crippen molar-refractivity contribution in [1.82, 2.24) is 24.9 Å². The Morgan fingerprint density at radius 2 is 2.12 bits per heavy atom. The second kappa shape index (κ2) is 7.48. The number of halogens is 1. The van der Waals surface area contributed by atoms with Gasteiger partial charge in [0.15, 0.2) is 0 Å². The average molecular weight is 354 g/mol. The summed E-state index contributed by atoms with van der Waals surface area (Å²) in [5, 5.41) is 20.7. The van der Waals surface area contributed by atoms with E-state index >= 15 is 0 Å². The van der Waals surface area contributed by atoms with Crippen molar-refractivity contribution in [2.75, 3.05) is 6.54 Å². The van der Waals surface area contributed by atoms with E-state index in [1.54, 1.807) is 6.92 Å². The maximum atomic E-state index is 12.1. The van der Waals surface area contributed by atoms with Gasteiger partial charge < -0.3 is 10.4 Å². The highest BCUT2D eigenvalue weighted by Crippen LogP contribution is 2.18. The normalized spacial score (nSPS) is 12.2. The van der Waals surface area contributed by atoms with Crippen LogP contribution in [0.4, 0.5) is 0 Å². The fraction of sp³-hybridized carbons (Fsp3) is 0.467. The van der Waals surface area contributed by atoms with Crippen LogP contribution in [0.2, 0.25) is 5.02 Å². The van der Waals surface area contributed by atoms with Gasteiger partial charge in [-0.15, -0.1) is 0 Å². The Balaban J connectivity index is 1.85. The Morgan fingerprint density at radius 3 is 2.71 bits per heavy atom. The quantitative estimate of drug-likeness (QED) is 0.739. The van der Waals surface area contributed by atoms with Crippen molar-refractivity contribution >= 4 is 23.5 Å². The van der Waals surface area contributed by atoms with Crippen LogP contribution in [0.15, 0.2) is 12.3 Å². The first-order valence-corrected chi connectivity index (χ1v) is 7.94. The van der Waals surface area contributed by atoms with Crippen molar-refractivity contribution in [2.45, 2.75) is 39.8 Å².